The number of aromatic nitrogens is 5. The molecule has 1 aromatic carbocycles. The summed E-state index contributed by atoms with van der Waals surface area (Å²) in [6, 6.07) is 7.81. The minimum absolute atomic E-state index is 0.236. The lowest BCUT2D eigenvalue weighted by Gasteiger charge is -2.10. The van der Waals surface area contributed by atoms with E-state index in [4.69, 9.17) is 0 Å². The molecule has 0 atom stereocenters. The topological polar surface area (TPSA) is 68.5 Å². The third-order valence-corrected chi connectivity index (χ3v) is 4.89. The number of H-pyrrole nitrogens is 1. The van der Waals surface area contributed by atoms with E-state index in [2.05, 4.69) is 22.2 Å². The second-order valence-corrected chi connectivity index (χ2v) is 6.25. The number of benzene rings is 1. The largest absolute Gasteiger partial charge is 0.348 e. The molecule has 0 fully saturated rings. The number of para-hydroxylation sites is 1. The van der Waals surface area contributed by atoms with Gasteiger partial charge in [-0.25, -0.2) is 14.5 Å². The molecular weight excluding hydrogens is 310 g/mol. The standard InChI is InChI=1S/C16H19N5OS/c1-10-11(2)19-20(12(10)3)9-15-17-18-16(22)21(15)13-7-5-6-8-14(13)23-4/h5-8H,9H2,1-4H3,(H,18,22). The van der Waals surface area contributed by atoms with E-state index in [1.165, 1.54) is 5.56 Å². The number of aryl methyl sites for hydroxylation is 1. The van der Waals surface area contributed by atoms with Crippen molar-refractivity contribution in [3.8, 4) is 5.69 Å². The van der Waals surface area contributed by atoms with Gasteiger partial charge >= 0.3 is 5.69 Å². The number of aromatic amines is 1. The summed E-state index contributed by atoms with van der Waals surface area (Å²) in [5.41, 5.74) is 3.85. The van der Waals surface area contributed by atoms with Crippen molar-refractivity contribution >= 4 is 11.8 Å². The number of hydrogen-bond acceptors (Lipinski definition) is 4. The lowest BCUT2D eigenvalue weighted by molar-refractivity contribution is 0.620. The third-order valence-electron chi connectivity index (χ3n) is 4.10. The first-order chi connectivity index (χ1) is 11.0. The highest BCUT2D eigenvalue weighted by Crippen LogP contribution is 2.23. The normalized spacial score (nSPS) is 11.1. The van der Waals surface area contributed by atoms with Gasteiger partial charge in [-0.1, -0.05) is 12.1 Å². The Morgan fingerprint density at radius 3 is 2.61 bits per heavy atom. The van der Waals surface area contributed by atoms with Crippen LogP contribution in [0.3, 0.4) is 0 Å². The number of thioether (sulfide) groups is 1. The van der Waals surface area contributed by atoms with Crippen molar-refractivity contribution in [1.82, 2.24) is 24.5 Å². The molecule has 0 bridgehead atoms. The Hall–Kier alpha value is -2.28. The van der Waals surface area contributed by atoms with Gasteiger partial charge in [0.05, 0.1) is 11.4 Å². The molecule has 120 valence electrons. The summed E-state index contributed by atoms with van der Waals surface area (Å²) in [6.45, 7) is 6.51. The van der Waals surface area contributed by atoms with Crippen molar-refractivity contribution in [3.63, 3.8) is 0 Å². The molecule has 23 heavy (non-hydrogen) atoms. The van der Waals surface area contributed by atoms with Gasteiger partial charge in [0, 0.05) is 10.6 Å². The summed E-state index contributed by atoms with van der Waals surface area (Å²) in [5.74, 6) is 0.641. The van der Waals surface area contributed by atoms with E-state index < -0.39 is 0 Å². The fourth-order valence-corrected chi connectivity index (χ4v) is 3.16. The molecule has 6 nitrogen and oxygen atoms in total. The molecule has 7 heteroatoms. The summed E-state index contributed by atoms with van der Waals surface area (Å²) in [6.07, 6.45) is 1.99. The van der Waals surface area contributed by atoms with E-state index in [0.717, 1.165) is 22.0 Å². The monoisotopic (exact) mass is 329 g/mol. The minimum atomic E-state index is -0.236. The SMILES string of the molecule is CSc1ccccc1-n1c(Cn2nc(C)c(C)c2C)n[nH]c1=O. The molecule has 0 amide bonds. The first-order valence-corrected chi connectivity index (χ1v) is 8.55. The minimum Gasteiger partial charge on any atom is -0.262 e. The Balaban J connectivity index is 2.09. The van der Waals surface area contributed by atoms with Gasteiger partial charge in [-0.15, -0.1) is 11.8 Å². The molecule has 0 saturated carbocycles. The maximum atomic E-state index is 12.3. The van der Waals surface area contributed by atoms with Crippen molar-refractivity contribution < 1.29 is 0 Å². The van der Waals surface area contributed by atoms with Crippen LogP contribution in [0.2, 0.25) is 0 Å². The second kappa shape index (κ2) is 6.08. The molecule has 0 aliphatic carbocycles. The molecular formula is C16H19N5OS. The van der Waals surface area contributed by atoms with Gasteiger partial charge in [-0.2, -0.15) is 10.2 Å². The number of nitrogens with one attached hydrogen (secondary N) is 1. The number of nitrogens with zero attached hydrogens (tertiary/aromatic N) is 4. The fourth-order valence-electron chi connectivity index (χ4n) is 2.57. The zero-order valence-electron chi connectivity index (χ0n) is 13.6. The zero-order chi connectivity index (χ0) is 16.6. The van der Waals surface area contributed by atoms with Crippen LogP contribution in [0.15, 0.2) is 34.0 Å². The average Bonchev–Trinajstić information content (AvgIpc) is 3.03. The summed E-state index contributed by atoms with van der Waals surface area (Å²) < 4.78 is 3.51. The highest BCUT2D eigenvalue weighted by molar-refractivity contribution is 7.98. The molecule has 3 aromatic rings. The zero-order valence-corrected chi connectivity index (χ0v) is 14.4. The predicted molar refractivity (Wildman–Crippen MR) is 91.5 cm³/mol. The maximum absolute atomic E-state index is 12.3. The van der Waals surface area contributed by atoms with Crippen LogP contribution in [-0.4, -0.2) is 30.8 Å². The van der Waals surface area contributed by atoms with E-state index in [9.17, 15) is 4.79 Å². The van der Waals surface area contributed by atoms with Crippen LogP contribution >= 0.6 is 11.8 Å². The quantitative estimate of drug-likeness (QED) is 0.747. The lowest BCUT2D eigenvalue weighted by atomic mass is 10.2. The van der Waals surface area contributed by atoms with Gasteiger partial charge in [0.25, 0.3) is 0 Å². The lowest BCUT2D eigenvalue weighted by Crippen LogP contribution is -2.19. The number of hydrogen-bond donors (Lipinski definition) is 1. The molecule has 2 heterocycles. The molecule has 2 aromatic heterocycles. The number of rotatable bonds is 4. The average molecular weight is 329 g/mol. The van der Waals surface area contributed by atoms with Gasteiger partial charge in [0.1, 0.15) is 6.54 Å². The summed E-state index contributed by atoms with van der Waals surface area (Å²) in [7, 11) is 0. The first-order valence-electron chi connectivity index (χ1n) is 7.33. The molecule has 0 spiro atoms. The second-order valence-electron chi connectivity index (χ2n) is 5.41. The van der Waals surface area contributed by atoms with Gasteiger partial charge in [0.2, 0.25) is 0 Å². The molecule has 0 unspecified atom stereocenters. The molecule has 0 saturated heterocycles. The molecule has 3 rings (SSSR count). The highest BCUT2D eigenvalue weighted by Gasteiger charge is 2.16. The summed E-state index contributed by atoms with van der Waals surface area (Å²) in [4.78, 5) is 13.3. The van der Waals surface area contributed by atoms with Crippen molar-refractivity contribution in [2.75, 3.05) is 6.26 Å². The van der Waals surface area contributed by atoms with E-state index >= 15 is 0 Å². The summed E-state index contributed by atoms with van der Waals surface area (Å²) in [5, 5.41) is 11.3. The van der Waals surface area contributed by atoms with E-state index in [0.29, 0.717) is 12.4 Å². The van der Waals surface area contributed by atoms with Crippen LogP contribution in [0.5, 0.6) is 0 Å². The van der Waals surface area contributed by atoms with Crippen LogP contribution in [0.1, 0.15) is 22.8 Å². The summed E-state index contributed by atoms with van der Waals surface area (Å²) >= 11 is 1.60. The Labute approximate surface area is 138 Å². The molecule has 1 N–H and O–H groups in total. The van der Waals surface area contributed by atoms with Gasteiger partial charge in [-0.05, 0) is 44.7 Å². The smallest absolute Gasteiger partial charge is 0.262 e. The van der Waals surface area contributed by atoms with Crippen molar-refractivity contribution in [2.45, 2.75) is 32.2 Å². The Kier molecular flexibility index (Phi) is 4.12. The van der Waals surface area contributed by atoms with Gasteiger partial charge in [-0.3, -0.25) is 4.68 Å². The van der Waals surface area contributed by atoms with Gasteiger partial charge < -0.3 is 0 Å². The van der Waals surface area contributed by atoms with E-state index in [-0.39, 0.29) is 5.69 Å². The van der Waals surface area contributed by atoms with E-state index in [1.54, 1.807) is 16.3 Å². The Bertz CT molecular complexity index is 906. The Morgan fingerprint density at radius 2 is 1.96 bits per heavy atom. The van der Waals surface area contributed by atoms with Crippen LogP contribution in [-0.2, 0) is 6.54 Å². The van der Waals surface area contributed by atoms with Crippen LogP contribution in [0.4, 0.5) is 0 Å². The highest BCUT2D eigenvalue weighted by atomic mass is 32.2. The van der Waals surface area contributed by atoms with Gasteiger partial charge in [0.15, 0.2) is 5.82 Å². The molecule has 0 aliphatic heterocycles. The maximum Gasteiger partial charge on any atom is 0.348 e. The van der Waals surface area contributed by atoms with Crippen molar-refractivity contribution in [2.24, 2.45) is 0 Å². The van der Waals surface area contributed by atoms with Crippen LogP contribution in [0.25, 0.3) is 5.69 Å². The van der Waals surface area contributed by atoms with Crippen molar-refractivity contribution in [1.29, 1.82) is 0 Å². The van der Waals surface area contributed by atoms with Crippen molar-refractivity contribution in [3.05, 3.63) is 57.5 Å². The third kappa shape index (κ3) is 2.72. The van der Waals surface area contributed by atoms with E-state index in [1.807, 2.05) is 49.1 Å². The first kappa shape index (κ1) is 15.6. The molecule has 0 radical (unpaired) electrons. The molecule has 0 aliphatic rings. The van der Waals surface area contributed by atoms with Crippen LogP contribution < -0.4 is 5.69 Å². The fraction of sp³-hybridized carbons (Fsp3) is 0.312. The van der Waals surface area contributed by atoms with Crippen LogP contribution in [0, 0.1) is 20.8 Å². The Morgan fingerprint density at radius 1 is 1.22 bits per heavy atom. The predicted octanol–water partition coefficient (Wildman–Crippen LogP) is 2.45.